The lowest BCUT2D eigenvalue weighted by atomic mass is 10.2. The van der Waals surface area contributed by atoms with Crippen LogP contribution in [0.2, 0.25) is 0 Å². The Kier molecular flexibility index (Phi) is 3.63. The summed E-state index contributed by atoms with van der Waals surface area (Å²) in [6.45, 7) is 0.0994. The maximum atomic E-state index is 12.4. The van der Waals surface area contributed by atoms with Gasteiger partial charge in [0.25, 0.3) is 0 Å². The summed E-state index contributed by atoms with van der Waals surface area (Å²) in [5, 5.41) is 22.9. The number of nitrogens with one attached hydrogen (secondary N) is 1. The zero-order chi connectivity index (χ0) is 18.2. The van der Waals surface area contributed by atoms with E-state index in [-0.39, 0.29) is 12.5 Å². The molecule has 1 aliphatic rings. The Hall–Kier alpha value is -3.62. The van der Waals surface area contributed by atoms with Gasteiger partial charge in [-0.05, 0) is 59.7 Å². The van der Waals surface area contributed by atoms with Gasteiger partial charge in [-0.15, -0.1) is 10.2 Å². The normalized spacial score (nSPS) is 13.8. The number of hydrogen-bond acceptors (Lipinski definition) is 6. The average molecular weight is 360 g/mol. The molecular weight excluding hydrogens is 344 g/mol. The van der Waals surface area contributed by atoms with Crippen molar-refractivity contribution in [3.05, 3.63) is 48.5 Å². The minimum atomic E-state index is -0.166. The highest BCUT2D eigenvalue weighted by molar-refractivity contribution is 5.91. The van der Waals surface area contributed by atoms with Crippen LogP contribution in [0, 0.1) is 0 Å². The number of hydrogen-bond donors (Lipinski definition) is 1. The van der Waals surface area contributed by atoms with Gasteiger partial charge in [0, 0.05) is 11.3 Å². The average Bonchev–Trinajstić information content (AvgIpc) is 3.28. The second-order valence-electron chi connectivity index (χ2n) is 6.54. The van der Waals surface area contributed by atoms with E-state index >= 15 is 0 Å². The molecule has 1 aliphatic carbocycles. The molecule has 5 rings (SSSR count). The lowest BCUT2D eigenvalue weighted by molar-refractivity contribution is -0.116. The Morgan fingerprint density at radius 1 is 1.04 bits per heavy atom. The lowest BCUT2D eigenvalue weighted by Crippen LogP contribution is -2.19. The van der Waals surface area contributed by atoms with Gasteiger partial charge in [0.15, 0.2) is 5.82 Å². The van der Waals surface area contributed by atoms with Crippen LogP contribution < -0.4 is 5.32 Å². The highest BCUT2D eigenvalue weighted by Gasteiger charge is 2.28. The molecule has 0 bridgehead atoms. The summed E-state index contributed by atoms with van der Waals surface area (Å²) in [4.78, 5) is 12.4. The van der Waals surface area contributed by atoms with E-state index in [0.29, 0.717) is 11.7 Å². The molecule has 0 unspecified atom stereocenters. The molecule has 0 radical (unpaired) electrons. The molecule has 0 atom stereocenters. The van der Waals surface area contributed by atoms with Crippen molar-refractivity contribution < 1.29 is 4.79 Å². The quantitative estimate of drug-likeness (QED) is 0.584. The maximum absolute atomic E-state index is 12.4. The number of tetrazole rings is 1. The Morgan fingerprint density at radius 2 is 1.85 bits per heavy atom. The number of benzene rings is 2. The molecule has 134 valence electrons. The molecule has 1 amide bonds. The van der Waals surface area contributed by atoms with E-state index in [4.69, 9.17) is 0 Å². The maximum Gasteiger partial charge on any atom is 0.246 e. The number of carbonyl (C=O) groups is 1. The predicted molar refractivity (Wildman–Crippen MR) is 97.7 cm³/mol. The minimum absolute atomic E-state index is 0.0994. The van der Waals surface area contributed by atoms with Crippen LogP contribution in [0.25, 0.3) is 22.4 Å². The Bertz CT molecular complexity index is 1110. The largest absolute Gasteiger partial charge is 0.324 e. The SMILES string of the molecule is O=C(Cn1nnc2ccccc21)Nc1ccc(-c2nnnn2C2CC2)cc1. The standard InChI is InChI=1S/C18H16N8O/c27-17(11-25-16-4-2-1-3-15(16)20-23-25)19-13-7-5-12(6-8-13)18-21-22-24-26(18)14-9-10-14/h1-8,14H,9-11H2,(H,19,27). The van der Waals surface area contributed by atoms with E-state index < -0.39 is 0 Å². The van der Waals surface area contributed by atoms with Crippen molar-refractivity contribution in [1.29, 1.82) is 0 Å². The fourth-order valence-corrected chi connectivity index (χ4v) is 3.02. The van der Waals surface area contributed by atoms with Gasteiger partial charge in [0.1, 0.15) is 12.1 Å². The highest BCUT2D eigenvalue weighted by Crippen LogP contribution is 2.36. The minimum Gasteiger partial charge on any atom is -0.324 e. The van der Waals surface area contributed by atoms with Gasteiger partial charge in [-0.25, -0.2) is 9.36 Å². The first-order valence-corrected chi connectivity index (χ1v) is 8.74. The zero-order valence-corrected chi connectivity index (χ0v) is 14.4. The first kappa shape index (κ1) is 15.6. The van der Waals surface area contributed by atoms with Gasteiger partial charge in [-0.2, -0.15) is 0 Å². The van der Waals surface area contributed by atoms with Gasteiger partial charge in [0.05, 0.1) is 11.6 Å². The van der Waals surface area contributed by atoms with Crippen LogP contribution >= 0.6 is 0 Å². The van der Waals surface area contributed by atoms with E-state index in [1.165, 1.54) is 0 Å². The van der Waals surface area contributed by atoms with Crippen LogP contribution in [0.5, 0.6) is 0 Å². The molecule has 0 spiro atoms. The van der Waals surface area contributed by atoms with Gasteiger partial charge in [-0.3, -0.25) is 4.79 Å². The molecule has 27 heavy (non-hydrogen) atoms. The third kappa shape index (κ3) is 3.03. The number of rotatable bonds is 5. The molecule has 9 nitrogen and oxygen atoms in total. The molecule has 4 aromatic rings. The van der Waals surface area contributed by atoms with E-state index in [2.05, 4.69) is 31.2 Å². The third-order valence-electron chi connectivity index (χ3n) is 4.53. The molecule has 2 aromatic carbocycles. The Morgan fingerprint density at radius 3 is 2.67 bits per heavy atom. The van der Waals surface area contributed by atoms with Crippen molar-refractivity contribution in [3.8, 4) is 11.4 Å². The second kappa shape index (κ2) is 6.27. The van der Waals surface area contributed by atoms with E-state index in [1.807, 2.05) is 53.2 Å². The molecule has 1 saturated carbocycles. The molecule has 0 aliphatic heterocycles. The van der Waals surface area contributed by atoms with Crippen LogP contribution in [0.4, 0.5) is 5.69 Å². The second-order valence-corrected chi connectivity index (χ2v) is 6.54. The number of fused-ring (bicyclic) bond motifs is 1. The van der Waals surface area contributed by atoms with Crippen molar-refractivity contribution in [1.82, 2.24) is 35.2 Å². The highest BCUT2D eigenvalue weighted by atomic mass is 16.2. The molecule has 1 fully saturated rings. The molecular formula is C18H16N8O. The number of amides is 1. The van der Waals surface area contributed by atoms with E-state index in [0.717, 1.165) is 35.3 Å². The number of para-hydroxylation sites is 1. The molecule has 1 N–H and O–H groups in total. The van der Waals surface area contributed by atoms with E-state index in [9.17, 15) is 4.79 Å². The number of anilines is 1. The summed E-state index contributed by atoms with van der Waals surface area (Å²) in [7, 11) is 0. The first-order chi connectivity index (χ1) is 13.3. The van der Waals surface area contributed by atoms with Crippen LogP contribution in [0.15, 0.2) is 48.5 Å². The Labute approximate surface area is 154 Å². The van der Waals surface area contributed by atoms with Gasteiger partial charge >= 0.3 is 0 Å². The van der Waals surface area contributed by atoms with Crippen molar-refractivity contribution in [3.63, 3.8) is 0 Å². The summed E-state index contributed by atoms with van der Waals surface area (Å²) < 4.78 is 3.45. The van der Waals surface area contributed by atoms with Crippen molar-refractivity contribution in [2.45, 2.75) is 25.4 Å². The van der Waals surface area contributed by atoms with Crippen LogP contribution in [0.1, 0.15) is 18.9 Å². The topological polar surface area (TPSA) is 103 Å². The summed E-state index contributed by atoms with van der Waals surface area (Å²) >= 11 is 0. The Balaban J connectivity index is 1.29. The van der Waals surface area contributed by atoms with Crippen LogP contribution in [-0.4, -0.2) is 41.1 Å². The van der Waals surface area contributed by atoms with Crippen molar-refractivity contribution >= 4 is 22.6 Å². The number of carbonyl (C=O) groups excluding carboxylic acids is 1. The fourth-order valence-electron chi connectivity index (χ4n) is 3.02. The first-order valence-electron chi connectivity index (χ1n) is 8.74. The molecule has 2 aromatic heterocycles. The molecule has 9 heteroatoms. The smallest absolute Gasteiger partial charge is 0.246 e. The monoisotopic (exact) mass is 360 g/mol. The summed E-state index contributed by atoms with van der Waals surface area (Å²) in [5.41, 5.74) is 3.23. The lowest BCUT2D eigenvalue weighted by Gasteiger charge is -2.07. The van der Waals surface area contributed by atoms with Gasteiger partial charge in [-0.1, -0.05) is 17.3 Å². The fraction of sp³-hybridized carbons (Fsp3) is 0.222. The third-order valence-corrected chi connectivity index (χ3v) is 4.53. The molecule has 2 heterocycles. The van der Waals surface area contributed by atoms with Crippen LogP contribution in [0.3, 0.4) is 0 Å². The summed E-state index contributed by atoms with van der Waals surface area (Å²) in [6.07, 6.45) is 2.23. The predicted octanol–water partition coefficient (Wildman–Crippen LogP) is 2.06. The van der Waals surface area contributed by atoms with Gasteiger partial charge in [0.2, 0.25) is 5.91 Å². The molecule has 0 saturated heterocycles. The van der Waals surface area contributed by atoms with Gasteiger partial charge < -0.3 is 5.32 Å². The van der Waals surface area contributed by atoms with Crippen molar-refractivity contribution in [2.75, 3.05) is 5.32 Å². The zero-order valence-electron chi connectivity index (χ0n) is 14.4. The van der Waals surface area contributed by atoms with Crippen LogP contribution in [-0.2, 0) is 11.3 Å². The van der Waals surface area contributed by atoms with Crippen molar-refractivity contribution in [2.24, 2.45) is 0 Å². The number of nitrogens with zero attached hydrogens (tertiary/aromatic N) is 7. The summed E-state index contributed by atoms with van der Waals surface area (Å²) in [5.74, 6) is 0.589. The van der Waals surface area contributed by atoms with E-state index in [1.54, 1.807) is 4.68 Å². The number of aromatic nitrogens is 7. The summed E-state index contributed by atoms with van der Waals surface area (Å²) in [6, 6.07) is 15.5.